The van der Waals surface area contributed by atoms with Crippen LogP contribution >= 0.6 is 0 Å². The molecule has 0 spiro atoms. The predicted molar refractivity (Wildman–Crippen MR) is 143 cm³/mol. The smallest absolute Gasteiger partial charge is 0.319 e. The number of hydrogen-bond acceptors (Lipinski definition) is 5. The first-order valence-electron chi connectivity index (χ1n) is 13.7. The highest BCUT2D eigenvalue weighted by Gasteiger charge is 2.50. The molecule has 2 N–H and O–H groups in total. The average Bonchev–Trinajstić information content (AvgIpc) is 3.15. The molecule has 0 heterocycles. The molecule has 0 amide bonds. The summed E-state index contributed by atoms with van der Waals surface area (Å²) in [6, 6.07) is 0. The van der Waals surface area contributed by atoms with Gasteiger partial charge in [-0.15, -0.1) is 0 Å². The van der Waals surface area contributed by atoms with E-state index in [-0.39, 0.29) is 23.2 Å². The molecule has 0 aromatic carbocycles. The average molecular weight is 499 g/mol. The molecule has 5 nitrogen and oxygen atoms in total. The molecule has 3 aliphatic carbocycles. The van der Waals surface area contributed by atoms with Gasteiger partial charge >= 0.3 is 5.97 Å². The van der Waals surface area contributed by atoms with Crippen molar-refractivity contribution in [3.8, 4) is 0 Å². The Balaban J connectivity index is 1.73. The van der Waals surface area contributed by atoms with Crippen LogP contribution in [-0.4, -0.2) is 40.3 Å². The fourth-order valence-electron chi connectivity index (χ4n) is 6.65. The third kappa shape index (κ3) is 5.94. The zero-order valence-corrected chi connectivity index (χ0v) is 23.0. The lowest BCUT2D eigenvalue weighted by molar-refractivity contribution is -0.160. The summed E-state index contributed by atoms with van der Waals surface area (Å²) in [7, 11) is 0. The Hall–Kier alpha value is -1.98. The molecule has 3 rings (SSSR count). The third-order valence-corrected chi connectivity index (χ3v) is 8.96. The van der Waals surface area contributed by atoms with Gasteiger partial charge in [0, 0.05) is 6.42 Å². The number of ketones is 1. The molecule has 0 radical (unpaired) electrons. The van der Waals surface area contributed by atoms with Gasteiger partial charge in [-0.2, -0.15) is 0 Å². The maximum atomic E-state index is 12.9. The lowest BCUT2D eigenvalue weighted by atomic mass is 9.61. The number of ether oxygens (including phenoxy) is 1. The highest BCUT2D eigenvalue weighted by Crippen LogP contribution is 2.59. The Labute approximate surface area is 217 Å². The van der Waals surface area contributed by atoms with E-state index in [1.165, 1.54) is 12.0 Å². The van der Waals surface area contributed by atoms with Crippen molar-refractivity contribution in [1.82, 2.24) is 0 Å². The summed E-state index contributed by atoms with van der Waals surface area (Å²) >= 11 is 0. The molecule has 0 aliphatic heterocycles. The van der Waals surface area contributed by atoms with E-state index >= 15 is 0 Å². The fourth-order valence-corrected chi connectivity index (χ4v) is 6.65. The van der Waals surface area contributed by atoms with Crippen LogP contribution in [0.15, 0.2) is 47.6 Å². The number of hydrogen-bond donors (Lipinski definition) is 2. The molecule has 36 heavy (non-hydrogen) atoms. The van der Waals surface area contributed by atoms with Gasteiger partial charge in [-0.3, -0.25) is 9.59 Å². The Kier molecular flexibility index (Phi) is 8.88. The molecule has 3 fully saturated rings. The summed E-state index contributed by atoms with van der Waals surface area (Å²) in [6.07, 6.45) is 13.0. The standard InChI is InChI=1S/C31H46O5/c1-19(2)36-29(35)30(5,6)28(34)15-10-20(3)25-13-14-26-22(9-8-16-31(25,26)7)11-12-23-17-24(32)18-27(33)21(23)4/h10-12,15,19-20,24-27,32-33H,4,8-9,13-14,16-18H2,1-3,5-7H3/b15-10+,22-11+,23-12-/t20-,24-,25-,26+,27+,31-/m1/s1. The van der Waals surface area contributed by atoms with Crippen LogP contribution in [0.4, 0.5) is 0 Å². The van der Waals surface area contributed by atoms with Gasteiger partial charge in [0.15, 0.2) is 5.78 Å². The first kappa shape index (κ1) is 28.6. The minimum absolute atomic E-state index is 0.157. The van der Waals surface area contributed by atoms with Crippen LogP contribution in [-0.2, 0) is 14.3 Å². The lowest BCUT2D eigenvalue weighted by Gasteiger charge is -2.44. The second-order valence-corrected chi connectivity index (χ2v) is 12.3. The zero-order valence-electron chi connectivity index (χ0n) is 23.0. The van der Waals surface area contributed by atoms with Gasteiger partial charge in [-0.05, 0) is 107 Å². The quantitative estimate of drug-likeness (QED) is 0.261. The Morgan fingerprint density at radius 3 is 2.53 bits per heavy atom. The highest BCUT2D eigenvalue weighted by atomic mass is 16.5. The summed E-state index contributed by atoms with van der Waals surface area (Å²) in [4.78, 5) is 25.3. The number of esters is 1. The molecule has 5 heteroatoms. The zero-order chi connectivity index (χ0) is 26.8. The van der Waals surface area contributed by atoms with Crippen molar-refractivity contribution in [3.05, 3.63) is 47.6 Å². The molecular formula is C31H46O5. The number of carbonyl (C=O) groups is 2. The molecule has 0 aromatic rings. The first-order chi connectivity index (χ1) is 16.8. The SMILES string of the molecule is C=C1/C(=C\C=C2/CCC[C@]3(C)[C@@H]([C@H](C)/C=C/C(=O)C(C)(C)C(=O)OC(C)C)CC[C@@H]23)C[C@@H](O)C[C@@H]1O. The molecule has 3 saturated carbocycles. The number of fused-ring (bicyclic) bond motifs is 1. The lowest BCUT2D eigenvalue weighted by Crippen LogP contribution is -2.36. The molecule has 200 valence electrons. The van der Waals surface area contributed by atoms with E-state index in [1.807, 2.05) is 6.08 Å². The van der Waals surface area contributed by atoms with Crippen LogP contribution in [0.2, 0.25) is 0 Å². The maximum Gasteiger partial charge on any atom is 0.319 e. The van der Waals surface area contributed by atoms with Crippen LogP contribution in [0.3, 0.4) is 0 Å². The Morgan fingerprint density at radius 2 is 1.86 bits per heavy atom. The van der Waals surface area contributed by atoms with Crippen LogP contribution in [0, 0.1) is 28.6 Å². The summed E-state index contributed by atoms with van der Waals surface area (Å²) in [5.41, 5.74) is 2.09. The second-order valence-electron chi connectivity index (χ2n) is 12.3. The molecule has 0 bridgehead atoms. The van der Waals surface area contributed by atoms with Gasteiger partial charge in [0.05, 0.1) is 18.3 Å². The van der Waals surface area contributed by atoms with E-state index in [0.29, 0.717) is 24.7 Å². The predicted octanol–water partition coefficient (Wildman–Crippen LogP) is 5.87. The first-order valence-corrected chi connectivity index (χ1v) is 13.7. The largest absolute Gasteiger partial charge is 0.462 e. The monoisotopic (exact) mass is 498 g/mol. The van der Waals surface area contributed by atoms with Crippen LogP contribution in [0.5, 0.6) is 0 Å². The molecule has 0 unspecified atom stereocenters. The number of rotatable bonds is 7. The van der Waals surface area contributed by atoms with Crippen LogP contribution in [0.25, 0.3) is 0 Å². The summed E-state index contributed by atoms with van der Waals surface area (Å²) < 4.78 is 5.29. The van der Waals surface area contributed by atoms with Crippen molar-refractivity contribution in [2.24, 2.45) is 28.6 Å². The molecule has 0 aromatic heterocycles. The third-order valence-electron chi connectivity index (χ3n) is 8.96. The van der Waals surface area contributed by atoms with E-state index in [9.17, 15) is 19.8 Å². The van der Waals surface area contributed by atoms with Gasteiger partial charge in [0.2, 0.25) is 0 Å². The van der Waals surface area contributed by atoms with Crippen molar-refractivity contribution >= 4 is 11.8 Å². The van der Waals surface area contributed by atoms with E-state index < -0.39 is 23.6 Å². The number of carbonyl (C=O) groups excluding carboxylic acids is 2. The van der Waals surface area contributed by atoms with Gasteiger partial charge in [-0.1, -0.05) is 44.2 Å². The molecule has 0 saturated heterocycles. The fraction of sp³-hybridized carbons (Fsp3) is 0.677. The molecular weight excluding hydrogens is 452 g/mol. The minimum Gasteiger partial charge on any atom is -0.462 e. The van der Waals surface area contributed by atoms with Crippen molar-refractivity contribution < 1.29 is 24.5 Å². The topological polar surface area (TPSA) is 83.8 Å². The van der Waals surface area contributed by atoms with E-state index in [0.717, 1.165) is 36.8 Å². The molecule has 3 aliphatic rings. The van der Waals surface area contributed by atoms with Crippen LogP contribution < -0.4 is 0 Å². The van der Waals surface area contributed by atoms with Gasteiger partial charge < -0.3 is 14.9 Å². The van der Waals surface area contributed by atoms with Crippen molar-refractivity contribution in [1.29, 1.82) is 0 Å². The van der Waals surface area contributed by atoms with Crippen molar-refractivity contribution in [2.75, 3.05) is 0 Å². The maximum absolute atomic E-state index is 12.9. The van der Waals surface area contributed by atoms with Crippen molar-refractivity contribution in [2.45, 2.75) is 105 Å². The summed E-state index contributed by atoms with van der Waals surface area (Å²) in [5.74, 6) is 0.477. The van der Waals surface area contributed by atoms with Crippen molar-refractivity contribution in [3.63, 3.8) is 0 Å². The number of allylic oxidation sites excluding steroid dienone is 5. The van der Waals surface area contributed by atoms with Gasteiger partial charge in [0.1, 0.15) is 5.41 Å². The van der Waals surface area contributed by atoms with Crippen LogP contribution in [0.1, 0.15) is 86.5 Å². The second kappa shape index (κ2) is 11.2. The normalized spacial score (nSPS) is 34.4. The molecule has 6 atom stereocenters. The van der Waals surface area contributed by atoms with Gasteiger partial charge in [0.25, 0.3) is 0 Å². The Morgan fingerprint density at radius 1 is 1.17 bits per heavy atom. The number of aliphatic hydroxyl groups is 2. The highest BCUT2D eigenvalue weighted by molar-refractivity contribution is 6.08. The van der Waals surface area contributed by atoms with E-state index in [4.69, 9.17) is 4.74 Å². The number of aliphatic hydroxyl groups excluding tert-OH is 2. The van der Waals surface area contributed by atoms with E-state index in [2.05, 4.69) is 32.6 Å². The van der Waals surface area contributed by atoms with Gasteiger partial charge in [-0.25, -0.2) is 0 Å². The summed E-state index contributed by atoms with van der Waals surface area (Å²) in [6.45, 7) is 15.5. The van der Waals surface area contributed by atoms with E-state index in [1.54, 1.807) is 33.8 Å². The Bertz CT molecular complexity index is 952. The summed E-state index contributed by atoms with van der Waals surface area (Å²) in [5, 5.41) is 20.3. The minimum atomic E-state index is -1.19.